The number of aryl methyl sites for hydroxylation is 1. The molecule has 0 bridgehead atoms. The van der Waals surface area contributed by atoms with Crippen LogP contribution in [0.3, 0.4) is 0 Å². The van der Waals surface area contributed by atoms with Crippen LogP contribution < -0.4 is 10.6 Å². The molecular formula is C25H37N5O2. The van der Waals surface area contributed by atoms with Crippen LogP contribution in [0.4, 0.5) is 0 Å². The van der Waals surface area contributed by atoms with Crippen molar-refractivity contribution in [3.05, 3.63) is 23.0 Å². The van der Waals surface area contributed by atoms with E-state index in [0.29, 0.717) is 17.9 Å². The molecule has 174 valence electrons. The highest BCUT2D eigenvalue weighted by atomic mass is 16.2. The van der Waals surface area contributed by atoms with Gasteiger partial charge in [-0.15, -0.1) is 0 Å². The van der Waals surface area contributed by atoms with Crippen molar-refractivity contribution in [2.75, 3.05) is 0 Å². The summed E-state index contributed by atoms with van der Waals surface area (Å²) in [5.41, 5.74) is 3.05. The zero-order valence-electron chi connectivity index (χ0n) is 20.3. The Morgan fingerprint density at radius 2 is 1.88 bits per heavy atom. The quantitative estimate of drug-likeness (QED) is 0.731. The van der Waals surface area contributed by atoms with Gasteiger partial charge in [0, 0.05) is 29.6 Å². The Hall–Kier alpha value is -2.44. The summed E-state index contributed by atoms with van der Waals surface area (Å²) >= 11 is 0. The standard InChI is InChI=1S/C25H37N5O2/c1-14(2)26-23(31)17-8-7-9-18(12-17)27-24(32)19-13-20(16-10-11-16)28-22-21(19)15(3)29-30(22)25(4,5)6/h13-14,16-18H,7-12H2,1-6H3,(H,26,31)(H,27,32). The summed E-state index contributed by atoms with van der Waals surface area (Å²) in [6, 6.07) is 2.11. The van der Waals surface area contributed by atoms with Gasteiger partial charge in [-0.1, -0.05) is 6.42 Å². The predicted molar refractivity (Wildman–Crippen MR) is 126 cm³/mol. The Kier molecular flexibility index (Phi) is 6.03. The molecule has 2 saturated carbocycles. The first kappa shape index (κ1) is 22.7. The number of rotatable bonds is 5. The van der Waals surface area contributed by atoms with Crippen LogP contribution in [0.2, 0.25) is 0 Å². The van der Waals surface area contributed by atoms with E-state index in [1.807, 2.05) is 31.5 Å². The molecule has 2 aromatic rings. The molecule has 2 amide bonds. The maximum atomic E-state index is 13.5. The number of amides is 2. The van der Waals surface area contributed by atoms with E-state index in [1.165, 1.54) is 0 Å². The van der Waals surface area contributed by atoms with Crippen molar-refractivity contribution in [3.63, 3.8) is 0 Å². The smallest absolute Gasteiger partial charge is 0.252 e. The summed E-state index contributed by atoms with van der Waals surface area (Å²) in [5, 5.41) is 11.9. The minimum Gasteiger partial charge on any atom is -0.354 e. The fourth-order valence-electron chi connectivity index (χ4n) is 4.77. The lowest BCUT2D eigenvalue weighted by molar-refractivity contribution is -0.126. The van der Waals surface area contributed by atoms with Gasteiger partial charge in [0.1, 0.15) is 0 Å². The molecule has 0 radical (unpaired) electrons. The maximum Gasteiger partial charge on any atom is 0.252 e. The van der Waals surface area contributed by atoms with Crippen molar-refractivity contribution in [1.82, 2.24) is 25.4 Å². The molecular weight excluding hydrogens is 402 g/mol. The SMILES string of the molecule is Cc1nn(C(C)(C)C)c2nc(C3CC3)cc(C(=O)NC3CCCC(C(=O)NC(C)C)C3)c12. The van der Waals surface area contributed by atoms with Gasteiger partial charge in [-0.25, -0.2) is 9.67 Å². The van der Waals surface area contributed by atoms with E-state index in [9.17, 15) is 9.59 Å². The van der Waals surface area contributed by atoms with E-state index in [4.69, 9.17) is 10.1 Å². The van der Waals surface area contributed by atoms with Crippen molar-refractivity contribution >= 4 is 22.8 Å². The third-order valence-electron chi connectivity index (χ3n) is 6.52. The van der Waals surface area contributed by atoms with Crippen LogP contribution in [0.5, 0.6) is 0 Å². The van der Waals surface area contributed by atoms with E-state index >= 15 is 0 Å². The number of pyridine rings is 1. The van der Waals surface area contributed by atoms with Crippen LogP contribution in [0, 0.1) is 12.8 Å². The van der Waals surface area contributed by atoms with Crippen LogP contribution in [0.1, 0.15) is 101 Å². The molecule has 0 aliphatic heterocycles. The van der Waals surface area contributed by atoms with Crippen molar-refractivity contribution in [3.8, 4) is 0 Å². The fourth-order valence-corrected chi connectivity index (χ4v) is 4.77. The van der Waals surface area contributed by atoms with Gasteiger partial charge in [-0.3, -0.25) is 9.59 Å². The maximum absolute atomic E-state index is 13.5. The van der Waals surface area contributed by atoms with E-state index < -0.39 is 0 Å². The summed E-state index contributed by atoms with van der Waals surface area (Å²) in [4.78, 5) is 31.0. The van der Waals surface area contributed by atoms with Crippen molar-refractivity contribution in [2.45, 2.75) is 104 Å². The summed E-state index contributed by atoms with van der Waals surface area (Å²) < 4.78 is 1.95. The van der Waals surface area contributed by atoms with Gasteiger partial charge in [0.25, 0.3) is 5.91 Å². The minimum atomic E-state index is -0.226. The molecule has 2 fully saturated rings. The summed E-state index contributed by atoms with van der Waals surface area (Å²) in [6.07, 6.45) is 5.67. The lowest BCUT2D eigenvalue weighted by Crippen LogP contribution is -2.43. The average Bonchev–Trinajstić information content (AvgIpc) is 3.50. The Labute approximate surface area is 190 Å². The van der Waals surface area contributed by atoms with Crippen LogP contribution in [-0.2, 0) is 10.3 Å². The number of nitrogens with zero attached hydrogens (tertiary/aromatic N) is 3. The molecule has 2 atom stereocenters. The zero-order valence-corrected chi connectivity index (χ0v) is 20.3. The largest absolute Gasteiger partial charge is 0.354 e. The molecule has 32 heavy (non-hydrogen) atoms. The summed E-state index contributed by atoms with van der Waals surface area (Å²) in [5.74, 6) is 0.420. The lowest BCUT2D eigenvalue weighted by Gasteiger charge is -2.29. The molecule has 7 nitrogen and oxygen atoms in total. The Morgan fingerprint density at radius 1 is 1.16 bits per heavy atom. The Bertz CT molecular complexity index is 1030. The van der Waals surface area contributed by atoms with Crippen LogP contribution in [0.25, 0.3) is 11.0 Å². The molecule has 2 N–H and O–H groups in total. The second-order valence-electron chi connectivity index (χ2n) is 10.9. The molecule has 4 rings (SSSR count). The van der Waals surface area contributed by atoms with Crippen LogP contribution >= 0.6 is 0 Å². The first-order valence-electron chi connectivity index (χ1n) is 12.1. The molecule has 2 heterocycles. The monoisotopic (exact) mass is 439 g/mol. The number of fused-ring (bicyclic) bond motifs is 1. The van der Waals surface area contributed by atoms with Gasteiger partial charge in [-0.05, 0) is 79.7 Å². The number of aromatic nitrogens is 3. The van der Waals surface area contributed by atoms with E-state index in [1.54, 1.807) is 0 Å². The third-order valence-corrected chi connectivity index (χ3v) is 6.52. The van der Waals surface area contributed by atoms with Crippen LogP contribution in [-0.4, -0.2) is 38.7 Å². The average molecular weight is 440 g/mol. The van der Waals surface area contributed by atoms with E-state index in [0.717, 1.165) is 54.5 Å². The van der Waals surface area contributed by atoms with Gasteiger partial charge in [0.2, 0.25) is 5.91 Å². The number of hydrogen-bond donors (Lipinski definition) is 2. The first-order chi connectivity index (χ1) is 15.0. The van der Waals surface area contributed by atoms with Crippen LogP contribution in [0.15, 0.2) is 6.07 Å². The molecule has 0 spiro atoms. The summed E-state index contributed by atoms with van der Waals surface area (Å²) in [6.45, 7) is 12.2. The molecule has 2 aliphatic rings. The van der Waals surface area contributed by atoms with Crippen molar-refractivity contribution in [2.24, 2.45) is 5.92 Å². The zero-order chi connectivity index (χ0) is 23.2. The Morgan fingerprint density at radius 3 is 2.50 bits per heavy atom. The number of carbonyl (C=O) groups excluding carboxylic acids is 2. The van der Waals surface area contributed by atoms with Crippen molar-refractivity contribution in [1.29, 1.82) is 0 Å². The predicted octanol–water partition coefficient (Wildman–Crippen LogP) is 4.19. The van der Waals surface area contributed by atoms with Gasteiger partial charge in [0.05, 0.1) is 22.2 Å². The van der Waals surface area contributed by atoms with Gasteiger partial charge in [0.15, 0.2) is 5.65 Å². The van der Waals surface area contributed by atoms with E-state index in [-0.39, 0.29) is 35.4 Å². The van der Waals surface area contributed by atoms with E-state index in [2.05, 4.69) is 31.4 Å². The first-order valence-corrected chi connectivity index (χ1v) is 12.1. The third kappa shape index (κ3) is 4.66. The molecule has 2 unspecified atom stereocenters. The molecule has 2 aliphatic carbocycles. The topological polar surface area (TPSA) is 88.9 Å². The molecule has 2 aromatic heterocycles. The second kappa shape index (κ2) is 8.49. The van der Waals surface area contributed by atoms with Gasteiger partial charge >= 0.3 is 0 Å². The normalized spacial score (nSPS) is 21.7. The number of nitrogens with one attached hydrogen (secondary N) is 2. The lowest BCUT2D eigenvalue weighted by atomic mass is 9.85. The number of carbonyl (C=O) groups is 2. The van der Waals surface area contributed by atoms with Crippen molar-refractivity contribution < 1.29 is 9.59 Å². The van der Waals surface area contributed by atoms with Gasteiger partial charge in [-0.2, -0.15) is 5.10 Å². The number of hydrogen-bond acceptors (Lipinski definition) is 4. The highest BCUT2D eigenvalue weighted by Crippen LogP contribution is 2.41. The fraction of sp³-hybridized carbons (Fsp3) is 0.680. The Balaban J connectivity index is 1.62. The molecule has 0 aromatic carbocycles. The second-order valence-corrected chi connectivity index (χ2v) is 10.9. The highest BCUT2D eigenvalue weighted by Gasteiger charge is 2.32. The minimum absolute atomic E-state index is 0.00437. The molecule has 0 saturated heterocycles. The molecule has 7 heteroatoms. The highest BCUT2D eigenvalue weighted by molar-refractivity contribution is 6.06. The summed E-state index contributed by atoms with van der Waals surface area (Å²) in [7, 11) is 0. The van der Waals surface area contributed by atoms with Gasteiger partial charge < -0.3 is 10.6 Å².